The van der Waals surface area contributed by atoms with Crippen LogP contribution in [0.3, 0.4) is 0 Å². The maximum atomic E-state index is 14.4. The average molecular weight is 457 g/mol. The minimum Gasteiger partial charge on any atom is -0.239 e. The highest BCUT2D eigenvalue weighted by Crippen LogP contribution is 2.69. The normalized spacial score (nSPS) is 23.3. The molecule has 32 heavy (non-hydrogen) atoms. The zero-order valence-electron chi connectivity index (χ0n) is 17.9. The van der Waals surface area contributed by atoms with Gasteiger partial charge >= 0.3 is 0 Å². The summed E-state index contributed by atoms with van der Waals surface area (Å²) >= 11 is 0. The second-order valence-corrected chi connectivity index (χ2v) is 10.8. The fraction of sp³-hybridized carbons (Fsp3) is 0.348. The Balaban J connectivity index is 1.72. The van der Waals surface area contributed by atoms with Gasteiger partial charge in [0.1, 0.15) is 11.6 Å². The number of rotatable bonds is 4. The lowest BCUT2D eigenvalue weighted by atomic mass is 9.66. The molecule has 1 saturated carbocycles. The molecule has 9 heteroatoms. The van der Waals surface area contributed by atoms with Gasteiger partial charge in [-0.15, -0.1) is 5.10 Å². The van der Waals surface area contributed by atoms with Crippen molar-refractivity contribution in [1.29, 1.82) is 0 Å². The van der Waals surface area contributed by atoms with Crippen molar-refractivity contribution < 1.29 is 17.2 Å². The first-order chi connectivity index (χ1) is 15.1. The van der Waals surface area contributed by atoms with Crippen molar-refractivity contribution in [2.45, 2.75) is 43.0 Å². The summed E-state index contributed by atoms with van der Waals surface area (Å²) in [5, 5.41) is 8.61. The van der Waals surface area contributed by atoms with Gasteiger partial charge in [0.05, 0.1) is 28.1 Å². The van der Waals surface area contributed by atoms with Crippen LogP contribution in [0.25, 0.3) is 11.3 Å². The summed E-state index contributed by atoms with van der Waals surface area (Å²) in [5.41, 5.74) is 1.16. The van der Waals surface area contributed by atoms with E-state index in [1.54, 1.807) is 12.1 Å². The Bertz CT molecular complexity index is 1340. The number of pyridine rings is 1. The number of nitrogens with one attached hydrogen (secondary N) is 1. The standard InChI is InChI=1S/C23H22F2N4O2S/c1-22(2)14-10-11-23(22,18-8-5-9-19(27-18)32(30,31)26-3)21-13(14)12-17(28-29-21)20-15(24)6-4-7-16(20)25/h4-9,12,14,26H,10-11H2,1-3H3/t14-,23+/m0/s1. The quantitative estimate of drug-likeness (QED) is 0.643. The first-order valence-corrected chi connectivity index (χ1v) is 11.9. The molecule has 5 rings (SSSR count). The predicted octanol–water partition coefficient (Wildman–Crippen LogP) is 3.93. The SMILES string of the molecule is CNS(=O)(=O)c1cccc([C@]23CC[C@@H](c4cc(-c5c(F)cccc5F)nnc42)C3(C)C)n1. The Labute approximate surface area is 185 Å². The molecule has 3 aromatic rings. The van der Waals surface area contributed by atoms with Gasteiger partial charge in [-0.3, -0.25) is 0 Å². The third-order valence-electron chi connectivity index (χ3n) is 7.31. The number of hydrogen-bond acceptors (Lipinski definition) is 5. The number of benzene rings is 1. The zero-order valence-corrected chi connectivity index (χ0v) is 18.7. The van der Waals surface area contributed by atoms with Crippen LogP contribution in [0.5, 0.6) is 0 Å². The van der Waals surface area contributed by atoms with E-state index in [0.29, 0.717) is 11.4 Å². The highest BCUT2D eigenvalue weighted by Gasteiger charge is 2.65. The summed E-state index contributed by atoms with van der Waals surface area (Å²) in [6.07, 6.45) is 1.56. The van der Waals surface area contributed by atoms with Crippen LogP contribution in [0.1, 0.15) is 49.6 Å². The molecule has 2 aliphatic carbocycles. The number of fused-ring (bicyclic) bond motifs is 5. The van der Waals surface area contributed by atoms with Gasteiger partial charge in [-0.1, -0.05) is 26.0 Å². The van der Waals surface area contributed by atoms with Crippen molar-refractivity contribution in [3.63, 3.8) is 0 Å². The first kappa shape index (κ1) is 21.1. The molecule has 2 bridgehead atoms. The molecule has 0 aliphatic heterocycles. The largest absolute Gasteiger partial charge is 0.257 e. The van der Waals surface area contributed by atoms with Crippen molar-refractivity contribution >= 4 is 10.0 Å². The monoisotopic (exact) mass is 456 g/mol. The summed E-state index contributed by atoms with van der Waals surface area (Å²) in [7, 11) is -2.37. The first-order valence-electron chi connectivity index (χ1n) is 10.4. The average Bonchev–Trinajstić information content (AvgIpc) is 3.15. The van der Waals surface area contributed by atoms with E-state index in [2.05, 4.69) is 33.8 Å². The molecule has 0 spiro atoms. The molecule has 2 atom stereocenters. The highest BCUT2D eigenvalue weighted by atomic mass is 32.2. The molecule has 2 heterocycles. The topological polar surface area (TPSA) is 84.8 Å². The molecule has 6 nitrogen and oxygen atoms in total. The molecular formula is C23H22F2N4O2S. The second kappa shape index (κ2) is 6.86. The molecule has 0 saturated heterocycles. The fourth-order valence-corrected chi connectivity index (χ4v) is 6.35. The van der Waals surface area contributed by atoms with Crippen LogP contribution in [-0.4, -0.2) is 30.6 Å². The summed E-state index contributed by atoms with van der Waals surface area (Å²) in [4.78, 5) is 4.53. The number of hydrogen-bond donors (Lipinski definition) is 1. The predicted molar refractivity (Wildman–Crippen MR) is 114 cm³/mol. The molecule has 2 aromatic heterocycles. The minimum atomic E-state index is -3.72. The molecule has 0 amide bonds. The summed E-state index contributed by atoms with van der Waals surface area (Å²) in [6.45, 7) is 4.22. The Morgan fingerprint density at radius 2 is 1.75 bits per heavy atom. The number of halogens is 2. The van der Waals surface area contributed by atoms with Gasteiger partial charge in [-0.05, 0) is 67.1 Å². The molecule has 1 N–H and O–H groups in total. The second-order valence-electron chi connectivity index (χ2n) is 8.92. The maximum Gasteiger partial charge on any atom is 0.257 e. The van der Waals surface area contributed by atoms with E-state index < -0.39 is 27.1 Å². The van der Waals surface area contributed by atoms with Crippen LogP contribution >= 0.6 is 0 Å². The van der Waals surface area contributed by atoms with Gasteiger partial charge in [0.25, 0.3) is 10.0 Å². The maximum absolute atomic E-state index is 14.4. The Morgan fingerprint density at radius 3 is 2.44 bits per heavy atom. The molecular weight excluding hydrogens is 434 g/mol. The van der Waals surface area contributed by atoms with E-state index >= 15 is 0 Å². The van der Waals surface area contributed by atoms with E-state index in [1.165, 1.54) is 31.3 Å². The third kappa shape index (κ3) is 2.64. The van der Waals surface area contributed by atoms with Gasteiger partial charge in [0, 0.05) is 0 Å². The van der Waals surface area contributed by atoms with Crippen LogP contribution in [0.2, 0.25) is 0 Å². The fourth-order valence-electron chi connectivity index (χ4n) is 5.66. The minimum absolute atomic E-state index is 0.0578. The van der Waals surface area contributed by atoms with Crippen LogP contribution < -0.4 is 4.72 Å². The molecule has 166 valence electrons. The number of sulfonamides is 1. The molecule has 1 aromatic carbocycles. The van der Waals surface area contributed by atoms with Crippen LogP contribution in [0.15, 0.2) is 47.5 Å². The van der Waals surface area contributed by atoms with Crippen molar-refractivity contribution in [1.82, 2.24) is 19.9 Å². The van der Waals surface area contributed by atoms with Crippen LogP contribution in [-0.2, 0) is 15.4 Å². The van der Waals surface area contributed by atoms with Crippen molar-refractivity contribution in [2.75, 3.05) is 7.05 Å². The summed E-state index contributed by atoms with van der Waals surface area (Å²) in [6, 6.07) is 10.4. The van der Waals surface area contributed by atoms with Crippen molar-refractivity contribution in [3.8, 4) is 11.3 Å². The third-order valence-corrected chi connectivity index (χ3v) is 8.62. The number of aromatic nitrogens is 3. The highest BCUT2D eigenvalue weighted by molar-refractivity contribution is 7.89. The lowest BCUT2D eigenvalue weighted by Crippen LogP contribution is -2.38. The van der Waals surface area contributed by atoms with Gasteiger partial charge in [-0.25, -0.2) is 26.9 Å². The summed E-state index contributed by atoms with van der Waals surface area (Å²) < 4.78 is 55.8. The lowest BCUT2D eigenvalue weighted by molar-refractivity contribution is 0.242. The smallest absolute Gasteiger partial charge is 0.239 e. The molecule has 0 radical (unpaired) electrons. The van der Waals surface area contributed by atoms with Gasteiger partial charge < -0.3 is 0 Å². The molecule has 0 unspecified atom stereocenters. The van der Waals surface area contributed by atoms with E-state index in [4.69, 9.17) is 0 Å². The van der Waals surface area contributed by atoms with E-state index in [1.807, 2.05) is 6.07 Å². The Morgan fingerprint density at radius 1 is 1.06 bits per heavy atom. The van der Waals surface area contributed by atoms with Crippen molar-refractivity contribution in [2.24, 2.45) is 5.41 Å². The zero-order chi connectivity index (χ0) is 22.9. The number of nitrogens with zero attached hydrogens (tertiary/aromatic N) is 3. The van der Waals surface area contributed by atoms with Gasteiger partial charge in [0.2, 0.25) is 0 Å². The van der Waals surface area contributed by atoms with Gasteiger partial charge in [0.15, 0.2) is 5.03 Å². The Hall–Kier alpha value is -2.78. The summed E-state index contributed by atoms with van der Waals surface area (Å²) in [5.74, 6) is -1.31. The van der Waals surface area contributed by atoms with E-state index in [-0.39, 0.29) is 27.6 Å². The lowest BCUT2D eigenvalue weighted by Gasteiger charge is -2.37. The van der Waals surface area contributed by atoms with Crippen LogP contribution in [0.4, 0.5) is 8.78 Å². The Kier molecular flexibility index (Phi) is 4.52. The van der Waals surface area contributed by atoms with Crippen LogP contribution in [0, 0.1) is 17.0 Å². The van der Waals surface area contributed by atoms with Crippen molar-refractivity contribution in [3.05, 3.63) is 71.1 Å². The molecule has 2 aliphatic rings. The van der Waals surface area contributed by atoms with Gasteiger partial charge in [-0.2, -0.15) is 5.10 Å². The van der Waals surface area contributed by atoms with E-state index in [9.17, 15) is 17.2 Å². The van der Waals surface area contributed by atoms with E-state index in [0.717, 1.165) is 18.4 Å². The molecule has 1 fully saturated rings.